The van der Waals surface area contributed by atoms with Gasteiger partial charge in [-0.2, -0.15) is 0 Å². The summed E-state index contributed by atoms with van der Waals surface area (Å²) >= 11 is 0. The molecule has 1 fully saturated rings. The molecule has 0 amide bonds. The van der Waals surface area contributed by atoms with E-state index in [1.54, 1.807) is 0 Å². The molecule has 0 unspecified atom stereocenters. The Kier molecular flexibility index (Phi) is 2.47. The maximum absolute atomic E-state index is 4.80. The predicted molar refractivity (Wildman–Crippen MR) is 70.1 cm³/mol. The minimum Gasteiger partial charge on any atom is -0.257 e. The molecule has 1 aliphatic carbocycles. The van der Waals surface area contributed by atoms with Crippen LogP contribution >= 0.6 is 0 Å². The molecule has 1 aromatic heterocycles. The normalized spacial score (nSPS) is 16.8. The van der Waals surface area contributed by atoms with Crippen LogP contribution in [0.3, 0.4) is 0 Å². The highest BCUT2D eigenvalue weighted by molar-refractivity contribution is 5.42. The number of pyridine rings is 1. The number of hydrogen-bond acceptors (Lipinski definition) is 1. The molecule has 3 rings (SSSR count). The summed E-state index contributed by atoms with van der Waals surface area (Å²) in [4.78, 5) is 4.80. The van der Waals surface area contributed by atoms with Gasteiger partial charge in [0, 0.05) is 11.1 Å². The van der Waals surface area contributed by atoms with E-state index in [9.17, 15) is 0 Å². The van der Waals surface area contributed by atoms with Gasteiger partial charge in [0.05, 0.1) is 5.69 Å². The molecule has 2 aromatic rings. The molecule has 1 heterocycles. The molecule has 17 heavy (non-hydrogen) atoms. The molecule has 1 aromatic carbocycles. The third kappa shape index (κ3) is 1.76. The second-order valence-corrected chi connectivity index (χ2v) is 4.82. The van der Waals surface area contributed by atoms with Gasteiger partial charge < -0.3 is 0 Å². The standard InChI is InChI=1S/C16H17N/c1-2-14-9-6-10-15(17-14)16(11-12-16)13-7-4-3-5-8-13/h3-10H,2,11-12H2,1H3. The lowest BCUT2D eigenvalue weighted by atomic mass is 9.92. The number of aryl methyl sites for hydroxylation is 1. The Bertz CT molecular complexity index is 512. The minimum absolute atomic E-state index is 0.215. The summed E-state index contributed by atoms with van der Waals surface area (Å²) < 4.78 is 0. The van der Waals surface area contributed by atoms with E-state index >= 15 is 0 Å². The smallest absolute Gasteiger partial charge is 0.0512 e. The second kappa shape index (κ2) is 3.99. The van der Waals surface area contributed by atoms with Crippen LogP contribution in [0.15, 0.2) is 48.5 Å². The van der Waals surface area contributed by atoms with Crippen molar-refractivity contribution in [2.24, 2.45) is 0 Å². The largest absolute Gasteiger partial charge is 0.257 e. The van der Waals surface area contributed by atoms with E-state index in [-0.39, 0.29) is 5.41 Å². The zero-order valence-corrected chi connectivity index (χ0v) is 10.2. The van der Waals surface area contributed by atoms with Gasteiger partial charge in [-0.1, -0.05) is 43.3 Å². The first-order valence-corrected chi connectivity index (χ1v) is 6.37. The number of rotatable bonds is 3. The molecule has 1 heteroatoms. The molecule has 0 atom stereocenters. The third-order valence-electron chi connectivity index (χ3n) is 3.74. The summed E-state index contributed by atoms with van der Waals surface area (Å²) in [6.45, 7) is 2.16. The second-order valence-electron chi connectivity index (χ2n) is 4.82. The lowest BCUT2D eigenvalue weighted by Gasteiger charge is -2.15. The molecule has 1 aliphatic rings. The first-order chi connectivity index (χ1) is 8.35. The molecule has 0 N–H and O–H groups in total. The number of benzene rings is 1. The van der Waals surface area contributed by atoms with Crippen LogP contribution in [0.2, 0.25) is 0 Å². The SMILES string of the molecule is CCc1cccc(C2(c3ccccc3)CC2)n1. The molecule has 1 saturated carbocycles. The lowest BCUT2D eigenvalue weighted by Crippen LogP contribution is -2.11. The van der Waals surface area contributed by atoms with Crippen molar-refractivity contribution in [3.05, 3.63) is 65.5 Å². The Hall–Kier alpha value is -1.63. The highest BCUT2D eigenvalue weighted by atomic mass is 14.8. The predicted octanol–water partition coefficient (Wildman–Crippen LogP) is 3.72. The van der Waals surface area contributed by atoms with Gasteiger partial charge in [0.15, 0.2) is 0 Å². The quantitative estimate of drug-likeness (QED) is 0.772. The van der Waals surface area contributed by atoms with E-state index in [2.05, 4.69) is 55.5 Å². The van der Waals surface area contributed by atoms with Gasteiger partial charge in [0.1, 0.15) is 0 Å². The number of aromatic nitrogens is 1. The molecule has 86 valence electrons. The van der Waals surface area contributed by atoms with Gasteiger partial charge >= 0.3 is 0 Å². The number of nitrogens with zero attached hydrogens (tertiary/aromatic N) is 1. The Morgan fingerprint density at radius 3 is 2.41 bits per heavy atom. The maximum Gasteiger partial charge on any atom is 0.0512 e. The van der Waals surface area contributed by atoms with E-state index in [4.69, 9.17) is 4.98 Å². The Labute approximate surface area is 103 Å². The summed E-state index contributed by atoms with van der Waals surface area (Å²) in [5, 5.41) is 0. The van der Waals surface area contributed by atoms with Crippen molar-refractivity contribution in [2.75, 3.05) is 0 Å². The molecule has 0 spiro atoms. The van der Waals surface area contributed by atoms with E-state index in [0.717, 1.165) is 6.42 Å². The summed E-state index contributed by atoms with van der Waals surface area (Å²) in [7, 11) is 0. The van der Waals surface area contributed by atoms with Gasteiger partial charge in [0.25, 0.3) is 0 Å². The first kappa shape index (κ1) is 10.5. The van der Waals surface area contributed by atoms with Crippen molar-refractivity contribution >= 4 is 0 Å². The molecule has 1 nitrogen and oxygen atoms in total. The fourth-order valence-corrected chi connectivity index (χ4v) is 2.52. The van der Waals surface area contributed by atoms with Crippen molar-refractivity contribution < 1.29 is 0 Å². The summed E-state index contributed by atoms with van der Waals surface area (Å²) in [6, 6.07) is 17.2. The van der Waals surface area contributed by atoms with Crippen LogP contribution in [0.25, 0.3) is 0 Å². The Balaban J connectivity index is 2.03. The fraction of sp³-hybridized carbons (Fsp3) is 0.312. The molecular formula is C16H17N. The van der Waals surface area contributed by atoms with Crippen molar-refractivity contribution in [3.63, 3.8) is 0 Å². The van der Waals surface area contributed by atoms with Crippen molar-refractivity contribution in [3.8, 4) is 0 Å². The fourth-order valence-electron chi connectivity index (χ4n) is 2.52. The van der Waals surface area contributed by atoms with Gasteiger partial charge in [-0.05, 0) is 37.0 Å². The van der Waals surface area contributed by atoms with Gasteiger partial charge in [0.2, 0.25) is 0 Å². The first-order valence-electron chi connectivity index (χ1n) is 6.37. The van der Waals surface area contributed by atoms with Crippen LogP contribution in [0.4, 0.5) is 0 Å². The zero-order chi connectivity index (χ0) is 11.7. The summed E-state index contributed by atoms with van der Waals surface area (Å²) in [5.41, 5.74) is 4.08. The average Bonchev–Trinajstić information content (AvgIpc) is 3.21. The van der Waals surface area contributed by atoms with Crippen molar-refractivity contribution in [2.45, 2.75) is 31.6 Å². The molecule has 0 bridgehead atoms. The summed E-state index contributed by atoms with van der Waals surface area (Å²) in [5.74, 6) is 0. The van der Waals surface area contributed by atoms with Gasteiger partial charge in [-0.15, -0.1) is 0 Å². The molecule has 0 aliphatic heterocycles. The highest BCUT2D eigenvalue weighted by Gasteiger charge is 2.46. The molecule has 0 saturated heterocycles. The van der Waals surface area contributed by atoms with E-state index in [0.29, 0.717) is 0 Å². The molecular weight excluding hydrogens is 206 g/mol. The zero-order valence-electron chi connectivity index (χ0n) is 10.2. The highest BCUT2D eigenvalue weighted by Crippen LogP contribution is 2.52. The van der Waals surface area contributed by atoms with Crippen LogP contribution < -0.4 is 0 Å². The Morgan fingerprint density at radius 1 is 1.00 bits per heavy atom. The average molecular weight is 223 g/mol. The lowest BCUT2D eigenvalue weighted by molar-refractivity contribution is 0.788. The summed E-state index contributed by atoms with van der Waals surface area (Å²) in [6.07, 6.45) is 3.48. The van der Waals surface area contributed by atoms with Crippen molar-refractivity contribution in [1.82, 2.24) is 4.98 Å². The van der Waals surface area contributed by atoms with E-state index < -0.39 is 0 Å². The molecule has 0 radical (unpaired) electrons. The van der Waals surface area contributed by atoms with Crippen LogP contribution in [0, 0.1) is 0 Å². The maximum atomic E-state index is 4.80. The van der Waals surface area contributed by atoms with Crippen LogP contribution in [-0.2, 0) is 11.8 Å². The van der Waals surface area contributed by atoms with Gasteiger partial charge in [-0.3, -0.25) is 4.98 Å². The minimum atomic E-state index is 0.215. The van der Waals surface area contributed by atoms with Gasteiger partial charge in [-0.25, -0.2) is 0 Å². The van der Waals surface area contributed by atoms with Crippen LogP contribution in [-0.4, -0.2) is 4.98 Å². The third-order valence-corrected chi connectivity index (χ3v) is 3.74. The Morgan fingerprint density at radius 2 is 1.76 bits per heavy atom. The topological polar surface area (TPSA) is 12.9 Å². The van der Waals surface area contributed by atoms with E-state index in [1.165, 1.54) is 29.8 Å². The van der Waals surface area contributed by atoms with Crippen LogP contribution in [0.1, 0.15) is 36.7 Å². The monoisotopic (exact) mass is 223 g/mol. The van der Waals surface area contributed by atoms with Crippen molar-refractivity contribution in [1.29, 1.82) is 0 Å². The van der Waals surface area contributed by atoms with E-state index in [1.807, 2.05) is 0 Å². The number of hydrogen-bond donors (Lipinski definition) is 0. The van der Waals surface area contributed by atoms with Crippen LogP contribution in [0.5, 0.6) is 0 Å².